The molecule has 1 aromatic rings. The largest absolute Gasteiger partial charge is 0.412 e. The van der Waals surface area contributed by atoms with Gasteiger partial charge in [-0.3, -0.25) is 0 Å². The fraction of sp³-hybridized carbons (Fsp3) is 0.143. The van der Waals surface area contributed by atoms with Gasteiger partial charge >= 0.3 is 0 Å². The van der Waals surface area contributed by atoms with Gasteiger partial charge in [0.1, 0.15) is 5.75 Å². The first-order valence-electron chi connectivity index (χ1n) is 2.93. The molecule has 0 atom stereocenters. The van der Waals surface area contributed by atoms with Crippen LogP contribution in [0.5, 0.6) is 5.75 Å². The van der Waals surface area contributed by atoms with Crippen molar-refractivity contribution in [3.63, 3.8) is 0 Å². The molecule has 0 saturated heterocycles. The average molecular weight is 155 g/mol. The van der Waals surface area contributed by atoms with E-state index in [0.29, 0.717) is 5.75 Å². The van der Waals surface area contributed by atoms with Crippen molar-refractivity contribution in [3.05, 3.63) is 29.8 Å². The van der Waals surface area contributed by atoms with Gasteiger partial charge in [-0.05, 0) is 17.7 Å². The number of hydrogen-bond acceptors (Lipinski definition) is 3. The van der Waals surface area contributed by atoms with Crippen molar-refractivity contribution in [2.45, 2.75) is 5.75 Å². The summed E-state index contributed by atoms with van der Waals surface area (Å²) in [6.07, 6.45) is 0. The summed E-state index contributed by atoms with van der Waals surface area (Å²) in [6.45, 7) is 0. The zero-order chi connectivity index (χ0) is 7.40. The molecule has 1 rings (SSSR count). The van der Waals surface area contributed by atoms with Crippen molar-refractivity contribution < 1.29 is 4.84 Å². The van der Waals surface area contributed by atoms with Gasteiger partial charge in [-0.15, -0.1) is 0 Å². The number of thiol groups is 1. The number of rotatable bonds is 2. The number of nitrogens with two attached hydrogens (primary N) is 1. The van der Waals surface area contributed by atoms with Gasteiger partial charge in [0.05, 0.1) is 0 Å². The summed E-state index contributed by atoms with van der Waals surface area (Å²) in [6, 6.07) is 7.47. The number of benzene rings is 1. The molecule has 0 amide bonds. The van der Waals surface area contributed by atoms with Crippen LogP contribution in [0, 0.1) is 0 Å². The van der Waals surface area contributed by atoms with E-state index >= 15 is 0 Å². The zero-order valence-electron chi connectivity index (χ0n) is 5.45. The normalized spacial score (nSPS) is 9.40. The van der Waals surface area contributed by atoms with Crippen molar-refractivity contribution >= 4 is 12.6 Å². The van der Waals surface area contributed by atoms with Crippen LogP contribution in [0.3, 0.4) is 0 Å². The summed E-state index contributed by atoms with van der Waals surface area (Å²) in [5.74, 6) is 6.33. The third-order valence-corrected chi connectivity index (χ3v) is 1.61. The lowest BCUT2D eigenvalue weighted by Gasteiger charge is -1.98. The summed E-state index contributed by atoms with van der Waals surface area (Å²) in [7, 11) is 0. The Hall–Kier alpha value is -0.670. The van der Waals surface area contributed by atoms with Crippen LogP contribution in [0.15, 0.2) is 24.3 Å². The molecule has 3 heteroatoms. The molecule has 1 aromatic carbocycles. The Bertz CT molecular complexity index is 174. The van der Waals surface area contributed by atoms with Gasteiger partial charge < -0.3 is 4.84 Å². The van der Waals surface area contributed by atoms with Crippen LogP contribution in [0.2, 0.25) is 0 Å². The molecule has 0 bridgehead atoms. The van der Waals surface area contributed by atoms with Gasteiger partial charge in [0.25, 0.3) is 0 Å². The van der Waals surface area contributed by atoms with E-state index in [-0.39, 0.29) is 0 Å². The van der Waals surface area contributed by atoms with E-state index in [9.17, 15) is 0 Å². The Kier molecular flexibility index (Phi) is 2.59. The zero-order valence-corrected chi connectivity index (χ0v) is 6.34. The van der Waals surface area contributed by atoms with E-state index in [1.807, 2.05) is 24.3 Å². The second-order valence-corrected chi connectivity index (χ2v) is 2.24. The second-order valence-electron chi connectivity index (χ2n) is 1.92. The van der Waals surface area contributed by atoms with Crippen LogP contribution in [0.1, 0.15) is 5.56 Å². The highest BCUT2D eigenvalue weighted by Gasteiger charge is 1.90. The monoisotopic (exact) mass is 155 g/mol. The van der Waals surface area contributed by atoms with Crippen LogP contribution in [0.4, 0.5) is 0 Å². The summed E-state index contributed by atoms with van der Waals surface area (Å²) in [5.41, 5.74) is 1.16. The predicted molar refractivity (Wildman–Crippen MR) is 43.9 cm³/mol. The third kappa shape index (κ3) is 1.65. The van der Waals surface area contributed by atoms with Gasteiger partial charge in [0.2, 0.25) is 0 Å². The van der Waals surface area contributed by atoms with Crippen LogP contribution < -0.4 is 10.7 Å². The molecule has 10 heavy (non-hydrogen) atoms. The van der Waals surface area contributed by atoms with Gasteiger partial charge in [-0.2, -0.15) is 18.5 Å². The quantitative estimate of drug-likeness (QED) is 0.499. The smallest absolute Gasteiger partial charge is 0.146 e. The minimum absolute atomic E-state index is 0.672. The van der Waals surface area contributed by atoms with E-state index in [1.54, 1.807) is 0 Å². The molecular weight excluding hydrogens is 146 g/mol. The molecule has 0 aliphatic carbocycles. The predicted octanol–water partition coefficient (Wildman–Crippen LogP) is 1.37. The molecule has 0 fully saturated rings. The summed E-state index contributed by atoms with van der Waals surface area (Å²) in [5, 5.41) is 0. The highest BCUT2D eigenvalue weighted by atomic mass is 32.1. The molecule has 0 spiro atoms. The lowest BCUT2D eigenvalue weighted by molar-refractivity contribution is 0.334. The standard InChI is InChI=1S/C7H9NOS/c8-9-7-3-1-6(5-10)2-4-7/h1-4,10H,5,8H2. The van der Waals surface area contributed by atoms with Crippen LogP contribution in [0.25, 0.3) is 0 Å². The molecule has 2 nitrogen and oxygen atoms in total. The van der Waals surface area contributed by atoms with Gasteiger partial charge in [0.15, 0.2) is 0 Å². The van der Waals surface area contributed by atoms with Crippen molar-refractivity contribution in [1.29, 1.82) is 0 Å². The first kappa shape index (κ1) is 7.44. The fourth-order valence-electron chi connectivity index (χ4n) is 0.673. The molecule has 0 aromatic heterocycles. The Morgan fingerprint density at radius 1 is 1.30 bits per heavy atom. The molecule has 0 aliphatic heterocycles. The van der Waals surface area contributed by atoms with Crippen molar-refractivity contribution in [3.8, 4) is 5.75 Å². The Balaban J connectivity index is 2.80. The van der Waals surface area contributed by atoms with Gasteiger partial charge in [0, 0.05) is 5.75 Å². The van der Waals surface area contributed by atoms with Crippen molar-refractivity contribution in [2.75, 3.05) is 0 Å². The molecule has 54 valence electrons. The maximum absolute atomic E-state index is 4.92. The molecule has 0 saturated carbocycles. The summed E-state index contributed by atoms with van der Waals surface area (Å²) in [4.78, 5) is 4.49. The lowest BCUT2D eigenvalue weighted by Crippen LogP contribution is -2.01. The average Bonchev–Trinajstić information content (AvgIpc) is 2.05. The first-order valence-corrected chi connectivity index (χ1v) is 3.56. The number of hydrogen-bond donors (Lipinski definition) is 2. The Morgan fingerprint density at radius 2 is 1.90 bits per heavy atom. The van der Waals surface area contributed by atoms with E-state index in [2.05, 4.69) is 17.5 Å². The van der Waals surface area contributed by atoms with Crippen molar-refractivity contribution in [1.82, 2.24) is 0 Å². The Labute approximate surface area is 65.4 Å². The Morgan fingerprint density at radius 3 is 2.30 bits per heavy atom. The first-order chi connectivity index (χ1) is 4.86. The van der Waals surface area contributed by atoms with E-state index in [1.165, 1.54) is 0 Å². The summed E-state index contributed by atoms with van der Waals surface area (Å²) >= 11 is 4.10. The maximum atomic E-state index is 4.92. The minimum Gasteiger partial charge on any atom is -0.412 e. The fourth-order valence-corrected chi connectivity index (χ4v) is 0.884. The third-order valence-electron chi connectivity index (χ3n) is 1.24. The van der Waals surface area contributed by atoms with Crippen LogP contribution in [-0.2, 0) is 5.75 Å². The second kappa shape index (κ2) is 3.49. The SMILES string of the molecule is NOc1ccc(CS)cc1. The minimum atomic E-state index is 0.672. The highest BCUT2D eigenvalue weighted by Crippen LogP contribution is 2.11. The van der Waals surface area contributed by atoms with Gasteiger partial charge in [-0.1, -0.05) is 12.1 Å². The van der Waals surface area contributed by atoms with Gasteiger partial charge in [-0.25, -0.2) is 0 Å². The van der Waals surface area contributed by atoms with E-state index in [0.717, 1.165) is 11.3 Å². The molecule has 0 heterocycles. The summed E-state index contributed by atoms with van der Waals surface area (Å²) < 4.78 is 0. The van der Waals surface area contributed by atoms with Crippen LogP contribution in [-0.4, -0.2) is 0 Å². The molecule has 0 unspecified atom stereocenters. The molecule has 0 aliphatic rings. The van der Waals surface area contributed by atoms with E-state index in [4.69, 9.17) is 5.90 Å². The lowest BCUT2D eigenvalue weighted by atomic mass is 10.2. The van der Waals surface area contributed by atoms with Crippen LogP contribution >= 0.6 is 12.6 Å². The topological polar surface area (TPSA) is 35.2 Å². The maximum Gasteiger partial charge on any atom is 0.146 e. The highest BCUT2D eigenvalue weighted by molar-refractivity contribution is 7.79. The molecule has 2 N–H and O–H groups in total. The van der Waals surface area contributed by atoms with E-state index < -0.39 is 0 Å². The molecule has 0 radical (unpaired) electrons. The van der Waals surface area contributed by atoms with Crippen molar-refractivity contribution in [2.24, 2.45) is 5.90 Å². The molecular formula is C7H9NOS.